The Labute approximate surface area is 290 Å². The molecule has 2 nitrogen and oxygen atoms in total. The summed E-state index contributed by atoms with van der Waals surface area (Å²) in [5, 5.41) is 9.87. The lowest BCUT2D eigenvalue weighted by Gasteiger charge is -2.24. The van der Waals surface area contributed by atoms with Crippen LogP contribution in [0.4, 0.5) is 0 Å². The predicted octanol–water partition coefficient (Wildman–Crippen LogP) is 12.3. The van der Waals surface area contributed by atoms with Crippen molar-refractivity contribution in [3.8, 4) is 33.8 Å². The van der Waals surface area contributed by atoms with E-state index in [0.717, 1.165) is 22.8 Å². The molecule has 8 aromatic rings. The molecule has 3 aliphatic rings. The van der Waals surface area contributed by atoms with Gasteiger partial charge in [-0.25, -0.2) is 9.97 Å². The molecule has 0 radical (unpaired) electrons. The molecule has 0 fully saturated rings. The van der Waals surface area contributed by atoms with Crippen LogP contribution in [0.3, 0.4) is 0 Å². The second-order valence-corrected chi connectivity index (χ2v) is 13.6. The lowest BCUT2D eigenvalue weighted by atomic mass is 9.79. The van der Waals surface area contributed by atoms with Gasteiger partial charge in [0.05, 0.1) is 11.4 Å². The van der Waals surface area contributed by atoms with Crippen LogP contribution in [0.5, 0.6) is 0 Å². The molecule has 50 heavy (non-hydrogen) atoms. The summed E-state index contributed by atoms with van der Waals surface area (Å²) < 4.78 is 0. The zero-order valence-corrected chi connectivity index (χ0v) is 27.2. The number of nitrogens with zero attached hydrogens (tertiary/aromatic N) is 2. The maximum absolute atomic E-state index is 5.56. The van der Waals surface area contributed by atoms with E-state index in [1.165, 1.54) is 76.5 Å². The Kier molecular flexibility index (Phi) is 5.82. The van der Waals surface area contributed by atoms with Crippen LogP contribution >= 0.6 is 0 Å². The fourth-order valence-corrected chi connectivity index (χ4v) is 8.85. The van der Waals surface area contributed by atoms with E-state index in [-0.39, 0.29) is 11.8 Å². The molecule has 2 unspecified atom stereocenters. The molecule has 3 aliphatic carbocycles. The summed E-state index contributed by atoms with van der Waals surface area (Å²) in [5.41, 5.74) is 10.7. The van der Waals surface area contributed by atoms with Crippen molar-refractivity contribution in [1.29, 1.82) is 0 Å². The Morgan fingerprint density at radius 2 is 1.14 bits per heavy atom. The van der Waals surface area contributed by atoms with Crippen LogP contribution in [0, 0.1) is 5.92 Å². The van der Waals surface area contributed by atoms with E-state index in [4.69, 9.17) is 9.97 Å². The number of rotatable bonds is 3. The van der Waals surface area contributed by atoms with Gasteiger partial charge in [-0.2, -0.15) is 0 Å². The van der Waals surface area contributed by atoms with Crippen molar-refractivity contribution in [3.05, 3.63) is 187 Å². The maximum Gasteiger partial charge on any atom is 0.160 e. The first-order valence-electron chi connectivity index (χ1n) is 17.4. The normalized spacial score (nSPS) is 17.3. The van der Waals surface area contributed by atoms with Crippen molar-refractivity contribution >= 4 is 48.7 Å². The third kappa shape index (κ3) is 3.90. The van der Waals surface area contributed by atoms with Crippen molar-refractivity contribution in [3.63, 3.8) is 0 Å². The second kappa shape index (κ2) is 10.6. The molecular formula is C48H30N2. The van der Waals surface area contributed by atoms with E-state index in [2.05, 4.69) is 170 Å². The summed E-state index contributed by atoms with van der Waals surface area (Å²) in [6.07, 6.45) is 13.6. The van der Waals surface area contributed by atoms with Gasteiger partial charge < -0.3 is 0 Å². The number of allylic oxidation sites excluding steroid dienone is 8. The van der Waals surface area contributed by atoms with Crippen molar-refractivity contribution < 1.29 is 0 Å². The topological polar surface area (TPSA) is 25.8 Å². The first-order valence-corrected chi connectivity index (χ1v) is 17.4. The van der Waals surface area contributed by atoms with Crippen LogP contribution in [0.15, 0.2) is 175 Å². The smallest absolute Gasteiger partial charge is 0.160 e. The minimum atomic E-state index is 0.174. The molecule has 232 valence electrons. The van der Waals surface area contributed by atoms with Crippen LogP contribution in [0.25, 0.3) is 82.4 Å². The van der Waals surface area contributed by atoms with Gasteiger partial charge >= 0.3 is 0 Å². The van der Waals surface area contributed by atoms with E-state index in [1.54, 1.807) is 0 Å². The third-order valence-corrected chi connectivity index (χ3v) is 11.0. The maximum atomic E-state index is 5.56. The number of hydrogen-bond donors (Lipinski definition) is 0. The van der Waals surface area contributed by atoms with E-state index < -0.39 is 0 Å². The fourth-order valence-electron chi connectivity index (χ4n) is 8.85. The molecule has 0 spiro atoms. The molecule has 1 aromatic heterocycles. The quantitative estimate of drug-likeness (QED) is 0.181. The van der Waals surface area contributed by atoms with Gasteiger partial charge in [-0.05, 0) is 77.5 Å². The third-order valence-electron chi connectivity index (χ3n) is 11.0. The van der Waals surface area contributed by atoms with Gasteiger partial charge in [0.25, 0.3) is 0 Å². The number of aromatic nitrogens is 2. The first-order chi connectivity index (χ1) is 24.8. The Morgan fingerprint density at radius 1 is 0.480 bits per heavy atom. The molecule has 0 bridgehead atoms. The van der Waals surface area contributed by atoms with Gasteiger partial charge in [0.15, 0.2) is 5.82 Å². The SMILES string of the molecule is C1=CC2=CC=CC3c4nc(-c5ccccc5)nc(-c5c6ccccc6c(-c6cccc7cc8ccccc8cc67)c6ccccc56)c4C(=C1)C23. The van der Waals surface area contributed by atoms with Gasteiger partial charge in [0, 0.05) is 28.5 Å². The average molecular weight is 635 g/mol. The molecule has 7 aromatic carbocycles. The molecule has 0 aliphatic heterocycles. The fraction of sp³-hybridized carbons (Fsp3) is 0.0417. The van der Waals surface area contributed by atoms with Crippen LogP contribution in [-0.2, 0) is 0 Å². The van der Waals surface area contributed by atoms with Gasteiger partial charge in [-0.3, -0.25) is 0 Å². The van der Waals surface area contributed by atoms with Crippen LogP contribution in [0.1, 0.15) is 17.2 Å². The van der Waals surface area contributed by atoms with Gasteiger partial charge in [-0.1, -0.05) is 158 Å². The summed E-state index contributed by atoms with van der Waals surface area (Å²) in [4.78, 5) is 10.9. The summed E-state index contributed by atoms with van der Waals surface area (Å²) in [6, 6.07) is 48.4. The highest BCUT2D eigenvalue weighted by Crippen LogP contribution is 2.56. The Morgan fingerprint density at radius 3 is 1.90 bits per heavy atom. The summed E-state index contributed by atoms with van der Waals surface area (Å²) in [5.74, 6) is 1.20. The zero-order valence-electron chi connectivity index (χ0n) is 27.2. The molecule has 0 amide bonds. The highest BCUT2D eigenvalue weighted by molar-refractivity contribution is 6.24. The number of hydrogen-bond acceptors (Lipinski definition) is 2. The Balaban J connectivity index is 1.28. The van der Waals surface area contributed by atoms with Crippen LogP contribution < -0.4 is 0 Å². The lowest BCUT2D eigenvalue weighted by molar-refractivity contribution is 0.704. The molecule has 11 rings (SSSR count). The van der Waals surface area contributed by atoms with Gasteiger partial charge in [0.2, 0.25) is 0 Å². The molecule has 0 saturated carbocycles. The Hall–Kier alpha value is -6.38. The van der Waals surface area contributed by atoms with E-state index in [1.807, 2.05) is 0 Å². The van der Waals surface area contributed by atoms with Crippen LogP contribution in [-0.4, -0.2) is 9.97 Å². The molecule has 2 heteroatoms. The zero-order chi connectivity index (χ0) is 32.8. The summed E-state index contributed by atoms with van der Waals surface area (Å²) in [6.45, 7) is 0. The molecule has 0 N–H and O–H groups in total. The lowest BCUT2D eigenvalue weighted by Crippen LogP contribution is -2.12. The van der Waals surface area contributed by atoms with Crippen molar-refractivity contribution in [2.24, 2.45) is 5.92 Å². The van der Waals surface area contributed by atoms with Crippen LogP contribution in [0.2, 0.25) is 0 Å². The van der Waals surface area contributed by atoms with E-state index in [0.29, 0.717) is 0 Å². The number of fused-ring (bicyclic) bond motifs is 7. The largest absolute Gasteiger partial charge is 0.232 e. The summed E-state index contributed by atoms with van der Waals surface area (Å²) in [7, 11) is 0. The number of benzene rings is 7. The molecule has 0 saturated heterocycles. The molecular weight excluding hydrogens is 605 g/mol. The molecule has 1 heterocycles. The van der Waals surface area contributed by atoms with E-state index >= 15 is 0 Å². The van der Waals surface area contributed by atoms with Crippen molar-refractivity contribution in [2.75, 3.05) is 0 Å². The Bertz CT molecular complexity index is 2810. The van der Waals surface area contributed by atoms with Crippen molar-refractivity contribution in [1.82, 2.24) is 9.97 Å². The van der Waals surface area contributed by atoms with E-state index in [9.17, 15) is 0 Å². The standard InChI is InChI=1S/C48H30N2/c1-2-13-30(14-3-1)48-49-46-40-26-11-18-29-17-10-25-39(42(29)40)45(46)47(50-48)44-36-22-8-6-20-34(36)43(35-21-7-9-23-37(35)44)38-24-12-19-33-27-31-15-4-5-16-32(31)28-41(33)38/h1-28,40,42H. The highest BCUT2D eigenvalue weighted by Gasteiger charge is 2.42. The monoisotopic (exact) mass is 634 g/mol. The predicted molar refractivity (Wildman–Crippen MR) is 209 cm³/mol. The minimum absolute atomic E-state index is 0.174. The van der Waals surface area contributed by atoms with Crippen molar-refractivity contribution in [2.45, 2.75) is 5.92 Å². The minimum Gasteiger partial charge on any atom is -0.232 e. The molecule has 2 atom stereocenters. The highest BCUT2D eigenvalue weighted by atomic mass is 14.9. The average Bonchev–Trinajstić information content (AvgIpc) is 3.51. The summed E-state index contributed by atoms with van der Waals surface area (Å²) >= 11 is 0. The second-order valence-electron chi connectivity index (χ2n) is 13.6. The first kappa shape index (κ1) is 27.6. The van der Waals surface area contributed by atoms with Gasteiger partial charge in [-0.15, -0.1) is 0 Å². The van der Waals surface area contributed by atoms with Gasteiger partial charge in [0.1, 0.15) is 0 Å².